The van der Waals surface area contributed by atoms with Crippen LogP contribution in [-0.2, 0) is 9.59 Å². The predicted molar refractivity (Wildman–Crippen MR) is 78.6 cm³/mol. The summed E-state index contributed by atoms with van der Waals surface area (Å²) in [5, 5.41) is 12.0. The van der Waals surface area contributed by atoms with Crippen LogP contribution in [0.4, 0.5) is 0 Å². The lowest BCUT2D eigenvalue weighted by Gasteiger charge is -2.34. The van der Waals surface area contributed by atoms with Crippen LogP contribution in [0.2, 0.25) is 0 Å². The highest BCUT2D eigenvalue weighted by Crippen LogP contribution is 2.18. The third-order valence-corrected chi connectivity index (χ3v) is 3.85. The molecule has 0 atom stereocenters. The van der Waals surface area contributed by atoms with Gasteiger partial charge in [-0.1, -0.05) is 19.3 Å². The van der Waals surface area contributed by atoms with Crippen LogP contribution in [0.25, 0.3) is 0 Å². The molecule has 0 heterocycles. The second-order valence-corrected chi connectivity index (χ2v) is 6.64. The molecule has 2 N–H and O–H groups in total. The van der Waals surface area contributed by atoms with Crippen molar-refractivity contribution >= 4 is 11.9 Å². The van der Waals surface area contributed by atoms with Gasteiger partial charge in [-0.15, -0.1) is 0 Å². The van der Waals surface area contributed by atoms with Gasteiger partial charge in [0, 0.05) is 24.5 Å². The number of hydrogen-bond donors (Lipinski definition) is 2. The fourth-order valence-electron chi connectivity index (χ4n) is 2.60. The molecule has 5 nitrogen and oxygen atoms in total. The summed E-state index contributed by atoms with van der Waals surface area (Å²) in [6, 6.07) is 0.318. The van der Waals surface area contributed by atoms with E-state index >= 15 is 0 Å². The molecule has 0 spiro atoms. The molecular weight excluding hydrogens is 256 g/mol. The van der Waals surface area contributed by atoms with Crippen molar-refractivity contribution in [2.75, 3.05) is 13.1 Å². The minimum Gasteiger partial charge on any atom is -0.480 e. The molecule has 116 valence electrons. The number of nitrogens with zero attached hydrogens (tertiary/aromatic N) is 1. The van der Waals surface area contributed by atoms with Gasteiger partial charge in [0.25, 0.3) is 0 Å². The maximum Gasteiger partial charge on any atom is 0.317 e. The minimum atomic E-state index is -0.854. The number of carbonyl (C=O) groups is 2. The third-order valence-electron chi connectivity index (χ3n) is 3.85. The summed E-state index contributed by atoms with van der Waals surface area (Å²) in [5.41, 5.74) is -0.247. The van der Waals surface area contributed by atoms with E-state index in [1.54, 1.807) is 0 Å². The molecule has 5 heteroatoms. The van der Waals surface area contributed by atoms with Crippen molar-refractivity contribution in [3.8, 4) is 0 Å². The first kappa shape index (κ1) is 17.0. The largest absolute Gasteiger partial charge is 0.480 e. The molecule has 0 radical (unpaired) electrons. The summed E-state index contributed by atoms with van der Waals surface area (Å²) < 4.78 is 0. The maximum absolute atomic E-state index is 11.9. The Labute approximate surface area is 121 Å². The van der Waals surface area contributed by atoms with E-state index in [9.17, 15) is 9.59 Å². The van der Waals surface area contributed by atoms with Gasteiger partial charge in [0.2, 0.25) is 5.91 Å². The lowest BCUT2D eigenvalue weighted by Crippen LogP contribution is -2.46. The van der Waals surface area contributed by atoms with Crippen LogP contribution in [0.3, 0.4) is 0 Å². The summed E-state index contributed by atoms with van der Waals surface area (Å²) in [6.07, 6.45) is 6.16. The number of hydrogen-bond acceptors (Lipinski definition) is 3. The van der Waals surface area contributed by atoms with E-state index in [-0.39, 0.29) is 18.0 Å². The molecule has 0 bridgehead atoms. The third kappa shape index (κ3) is 6.37. The maximum atomic E-state index is 11.9. The fourth-order valence-corrected chi connectivity index (χ4v) is 2.60. The highest BCUT2D eigenvalue weighted by Gasteiger charge is 2.24. The zero-order valence-electron chi connectivity index (χ0n) is 12.9. The number of rotatable bonds is 6. The molecule has 0 saturated heterocycles. The standard InChI is InChI=1S/C15H28N2O3/c1-15(2,3)17(11-14(19)20)10-9-13(18)16-12-7-5-4-6-8-12/h12H,4-11H2,1-3H3,(H,16,18)(H,19,20). The first-order chi connectivity index (χ1) is 9.29. The molecule has 1 rings (SSSR count). The van der Waals surface area contributed by atoms with Gasteiger partial charge >= 0.3 is 5.97 Å². The Bertz CT molecular complexity index is 331. The van der Waals surface area contributed by atoms with Gasteiger partial charge in [0.05, 0.1) is 6.54 Å². The number of carboxylic acid groups (broad SMARTS) is 1. The number of amides is 1. The van der Waals surface area contributed by atoms with Crippen molar-refractivity contribution in [1.29, 1.82) is 0 Å². The molecule has 0 aromatic carbocycles. The number of carbonyl (C=O) groups excluding carboxylic acids is 1. The molecule has 0 aromatic rings. The monoisotopic (exact) mass is 284 g/mol. The minimum absolute atomic E-state index is 0.0276. The Morgan fingerprint density at radius 2 is 1.80 bits per heavy atom. The highest BCUT2D eigenvalue weighted by molar-refractivity contribution is 5.76. The molecule has 1 amide bonds. The average Bonchev–Trinajstić information content (AvgIpc) is 2.34. The van der Waals surface area contributed by atoms with Gasteiger partial charge in [-0.25, -0.2) is 0 Å². The Balaban J connectivity index is 2.37. The van der Waals surface area contributed by atoms with Crippen LogP contribution in [0.1, 0.15) is 59.3 Å². The second-order valence-electron chi connectivity index (χ2n) is 6.64. The van der Waals surface area contributed by atoms with Crippen molar-refractivity contribution < 1.29 is 14.7 Å². The normalized spacial score (nSPS) is 17.2. The van der Waals surface area contributed by atoms with E-state index in [4.69, 9.17) is 5.11 Å². The molecule has 1 aliphatic carbocycles. The van der Waals surface area contributed by atoms with E-state index in [2.05, 4.69) is 5.32 Å². The van der Waals surface area contributed by atoms with Crippen LogP contribution < -0.4 is 5.32 Å². The number of aliphatic carboxylic acids is 1. The van der Waals surface area contributed by atoms with Crippen molar-refractivity contribution in [1.82, 2.24) is 10.2 Å². The molecule has 1 fully saturated rings. The topological polar surface area (TPSA) is 69.6 Å². The summed E-state index contributed by atoms with van der Waals surface area (Å²) >= 11 is 0. The van der Waals surface area contributed by atoms with E-state index in [1.165, 1.54) is 19.3 Å². The van der Waals surface area contributed by atoms with Gasteiger partial charge in [0.1, 0.15) is 0 Å². The zero-order chi connectivity index (χ0) is 15.2. The Morgan fingerprint density at radius 1 is 1.20 bits per heavy atom. The van der Waals surface area contributed by atoms with Crippen LogP contribution in [0, 0.1) is 0 Å². The van der Waals surface area contributed by atoms with E-state index in [0.717, 1.165) is 12.8 Å². The molecule has 0 unspecified atom stereocenters. The Hall–Kier alpha value is -1.10. The summed E-state index contributed by atoms with van der Waals surface area (Å²) in [7, 11) is 0. The van der Waals surface area contributed by atoms with Gasteiger partial charge in [0.15, 0.2) is 0 Å². The number of nitrogens with one attached hydrogen (secondary N) is 1. The Kier molecular flexibility index (Phi) is 6.46. The van der Waals surface area contributed by atoms with E-state index < -0.39 is 5.97 Å². The molecule has 1 saturated carbocycles. The quantitative estimate of drug-likeness (QED) is 0.783. The van der Waals surface area contributed by atoms with Gasteiger partial charge in [-0.2, -0.15) is 0 Å². The van der Waals surface area contributed by atoms with E-state index in [0.29, 0.717) is 19.0 Å². The first-order valence-corrected chi connectivity index (χ1v) is 7.55. The van der Waals surface area contributed by atoms with Crippen LogP contribution in [-0.4, -0.2) is 46.6 Å². The zero-order valence-corrected chi connectivity index (χ0v) is 12.9. The van der Waals surface area contributed by atoms with Gasteiger partial charge in [-0.3, -0.25) is 14.5 Å². The molecule has 1 aliphatic rings. The molecule has 20 heavy (non-hydrogen) atoms. The first-order valence-electron chi connectivity index (χ1n) is 7.55. The van der Waals surface area contributed by atoms with Crippen LogP contribution in [0.5, 0.6) is 0 Å². The fraction of sp³-hybridized carbons (Fsp3) is 0.867. The Morgan fingerprint density at radius 3 is 2.30 bits per heavy atom. The summed E-state index contributed by atoms with van der Waals surface area (Å²) in [5.74, 6) is -0.816. The predicted octanol–water partition coefficient (Wildman–Crippen LogP) is 2.01. The van der Waals surface area contributed by atoms with E-state index in [1.807, 2.05) is 25.7 Å². The van der Waals surface area contributed by atoms with Crippen molar-refractivity contribution in [3.05, 3.63) is 0 Å². The summed E-state index contributed by atoms with van der Waals surface area (Å²) in [6.45, 7) is 6.35. The number of carboxylic acids is 1. The lowest BCUT2D eigenvalue weighted by atomic mass is 9.95. The lowest BCUT2D eigenvalue weighted by molar-refractivity contribution is -0.140. The molecule has 0 aliphatic heterocycles. The average molecular weight is 284 g/mol. The van der Waals surface area contributed by atoms with Crippen molar-refractivity contribution in [3.63, 3.8) is 0 Å². The molecule has 0 aromatic heterocycles. The van der Waals surface area contributed by atoms with Crippen molar-refractivity contribution in [2.24, 2.45) is 0 Å². The smallest absolute Gasteiger partial charge is 0.317 e. The highest BCUT2D eigenvalue weighted by atomic mass is 16.4. The summed E-state index contributed by atoms with van der Waals surface area (Å²) in [4.78, 5) is 24.6. The van der Waals surface area contributed by atoms with Crippen LogP contribution in [0.15, 0.2) is 0 Å². The SMILES string of the molecule is CC(C)(C)N(CCC(=O)NC1CCCCC1)CC(=O)O. The molecular formula is C15H28N2O3. The van der Waals surface area contributed by atoms with Gasteiger partial charge < -0.3 is 10.4 Å². The second kappa shape index (κ2) is 7.62. The van der Waals surface area contributed by atoms with Gasteiger partial charge in [-0.05, 0) is 33.6 Å². The van der Waals surface area contributed by atoms with Crippen LogP contribution >= 0.6 is 0 Å². The van der Waals surface area contributed by atoms with Crippen molar-refractivity contribution in [2.45, 2.75) is 70.9 Å².